The summed E-state index contributed by atoms with van der Waals surface area (Å²) in [4.78, 5) is 2.56. The number of anilines is 3. The highest BCUT2D eigenvalue weighted by Gasteiger charge is 2.45. The third kappa shape index (κ3) is 2.55. The van der Waals surface area contributed by atoms with E-state index in [9.17, 15) is 0 Å². The van der Waals surface area contributed by atoms with Crippen molar-refractivity contribution >= 4 is 23.1 Å². The van der Waals surface area contributed by atoms with Gasteiger partial charge in [0.05, 0.1) is 17.1 Å². The topological polar surface area (TPSA) is 15.3 Å². The molecule has 0 aromatic heterocycles. The summed E-state index contributed by atoms with van der Waals surface area (Å²) in [5.41, 5.74) is 6.90. The van der Waals surface area contributed by atoms with Crippen LogP contribution in [0.3, 0.4) is 0 Å². The number of benzene rings is 2. The Morgan fingerprint density at radius 1 is 0.962 bits per heavy atom. The van der Waals surface area contributed by atoms with E-state index < -0.39 is 0 Å². The Kier molecular flexibility index (Phi) is 4.52. The average Bonchev–Trinajstić information content (AvgIpc) is 3.02. The number of fused-ring (bicyclic) bond motifs is 5. The van der Waals surface area contributed by atoms with E-state index in [0.717, 1.165) is 19.3 Å². The quantitative estimate of drug-likeness (QED) is 0.644. The number of para-hydroxylation sites is 2. The van der Waals surface area contributed by atoms with Crippen molar-refractivity contribution in [3.8, 4) is 0 Å². The molecule has 0 spiro atoms. The number of nitrogens with one attached hydrogen (secondary N) is 1. The predicted octanol–water partition coefficient (Wildman–Crippen LogP) is 6.75. The highest BCUT2D eigenvalue weighted by molar-refractivity contribution is 5.89. The standard InChI is InChI=1S/C24H30N2/c1-4-7-11-19-13-10-15-21-22(19)25-23-24(5-2,6-3)17-16-18-12-8-9-14-20(18)26(21)23/h8-10,12-17,23,25H,4-7,11H2,1-3H3. The van der Waals surface area contributed by atoms with Crippen LogP contribution in [0.15, 0.2) is 48.5 Å². The van der Waals surface area contributed by atoms with E-state index >= 15 is 0 Å². The van der Waals surface area contributed by atoms with E-state index in [1.807, 2.05) is 0 Å². The third-order valence-electron chi connectivity index (χ3n) is 6.38. The van der Waals surface area contributed by atoms with E-state index in [1.165, 1.54) is 41.0 Å². The fraction of sp³-hybridized carbons (Fsp3) is 0.417. The number of hydrogen-bond donors (Lipinski definition) is 1. The molecule has 1 atom stereocenters. The lowest BCUT2D eigenvalue weighted by Gasteiger charge is -2.40. The Labute approximate surface area is 157 Å². The summed E-state index contributed by atoms with van der Waals surface area (Å²) in [5, 5.41) is 3.96. The zero-order valence-electron chi connectivity index (χ0n) is 16.3. The summed E-state index contributed by atoms with van der Waals surface area (Å²) >= 11 is 0. The van der Waals surface area contributed by atoms with Crippen LogP contribution in [0, 0.1) is 5.41 Å². The Morgan fingerprint density at radius 2 is 1.73 bits per heavy atom. The van der Waals surface area contributed by atoms with Crippen molar-refractivity contribution in [3.05, 3.63) is 59.7 Å². The molecule has 0 radical (unpaired) electrons. The summed E-state index contributed by atoms with van der Waals surface area (Å²) in [5.74, 6) is 0. The highest BCUT2D eigenvalue weighted by Crippen LogP contribution is 2.52. The first-order valence-corrected chi connectivity index (χ1v) is 10.2. The molecule has 1 unspecified atom stereocenters. The molecule has 0 saturated heterocycles. The molecule has 1 N–H and O–H groups in total. The predicted molar refractivity (Wildman–Crippen MR) is 113 cm³/mol. The van der Waals surface area contributed by atoms with Crippen LogP contribution in [0.25, 0.3) is 6.08 Å². The minimum Gasteiger partial charge on any atom is -0.362 e. The molecule has 2 aliphatic heterocycles. The van der Waals surface area contributed by atoms with Crippen LogP contribution < -0.4 is 10.2 Å². The van der Waals surface area contributed by atoms with Crippen LogP contribution in [0.4, 0.5) is 17.1 Å². The molecule has 26 heavy (non-hydrogen) atoms. The summed E-state index contributed by atoms with van der Waals surface area (Å²) < 4.78 is 0. The summed E-state index contributed by atoms with van der Waals surface area (Å²) in [6, 6.07) is 15.6. The molecule has 4 rings (SSSR count). The van der Waals surface area contributed by atoms with Crippen LogP contribution in [0.5, 0.6) is 0 Å². The molecule has 2 nitrogen and oxygen atoms in total. The molecule has 0 saturated carbocycles. The van der Waals surface area contributed by atoms with Gasteiger partial charge in [-0.05, 0) is 48.9 Å². The minimum atomic E-state index is 0.125. The Hall–Kier alpha value is -2.22. The van der Waals surface area contributed by atoms with Crippen LogP contribution in [-0.4, -0.2) is 6.17 Å². The molecule has 0 fully saturated rings. The van der Waals surface area contributed by atoms with Gasteiger partial charge in [-0.1, -0.05) is 69.7 Å². The summed E-state index contributed by atoms with van der Waals surface area (Å²) in [6.45, 7) is 6.92. The molecule has 2 heterocycles. The van der Waals surface area contributed by atoms with Gasteiger partial charge in [-0.3, -0.25) is 0 Å². The summed E-state index contributed by atoms with van der Waals surface area (Å²) in [7, 11) is 0. The second kappa shape index (κ2) is 6.83. The van der Waals surface area contributed by atoms with Crippen molar-refractivity contribution in [1.29, 1.82) is 0 Å². The maximum absolute atomic E-state index is 3.96. The molecule has 2 aliphatic rings. The second-order valence-corrected chi connectivity index (χ2v) is 7.66. The first-order valence-electron chi connectivity index (χ1n) is 10.2. The lowest BCUT2D eigenvalue weighted by Crippen LogP contribution is -2.45. The van der Waals surface area contributed by atoms with Crippen molar-refractivity contribution in [2.75, 3.05) is 10.2 Å². The van der Waals surface area contributed by atoms with Gasteiger partial charge in [-0.25, -0.2) is 0 Å². The zero-order valence-corrected chi connectivity index (χ0v) is 16.3. The lowest BCUT2D eigenvalue weighted by atomic mass is 9.78. The van der Waals surface area contributed by atoms with Crippen LogP contribution in [0.1, 0.15) is 57.6 Å². The monoisotopic (exact) mass is 346 g/mol. The first-order chi connectivity index (χ1) is 12.7. The lowest BCUT2D eigenvalue weighted by molar-refractivity contribution is 0.305. The molecular formula is C24H30N2. The van der Waals surface area contributed by atoms with Crippen LogP contribution in [-0.2, 0) is 6.42 Å². The minimum absolute atomic E-state index is 0.125. The van der Waals surface area contributed by atoms with Gasteiger partial charge < -0.3 is 10.2 Å². The molecule has 136 valence electrons. The van der Waals surface area contributed by atoms with Crippen molar-refractivity contribution in [2.24, 2.45) is 5.41 Å². The molecule has 2 heteroatoms. The second-order valence-electron chi connectivity index (χ2n) is 7.66. The van der Waals surface area contributed by atoms with Crippen LogP contribution >= 0.6 is 0 Å². The number of aryl methyl sites for hydroxylation is 1. The maximum Gasteiger partial charge on any atom is 0.113 e. The largest absolute Gasteiger partial charge is 0.362 e. The van der Waals surface area contributed by atoms with Gasteiger partial charge in [-0.2, -0.15) is 0 Å². The molecule has 2 aromatic rings. The number of unbranched alkanes of at least 4 members (excludes halogenated alkanes) is 1. The average molecular weight is 347 g/mol. The number of hydrogen-bond acceptors (Lipinski definition) is 2. The first kappa shape index (κ1) is 17.2. The van der Waals surface area contributed by atoms with Crippen LogP contribution in [0.2, 0.25) is 0 Å². The van der Waals surface area contributed by atoms with Gasteiger partial charge >= 0.3 is 0 Å². The smallest absolute Gasteiger partial charge is 0.113 e. The molecule has 0 amide bonds. The molecular weight excluding hydrogens is 316 g/mol. The number of rotatable bonds is 5. The third-order valence-corrected chi connectivity index (χ3v) is 6.38. The van der Waals surface area contributed by atoms with Crippen molar-refractivity contribution in [1.82, 2.24) is 0 Å². The fourth-order valence-corrected chi connectivity index (χ4v) is 4.61. The normalized spacial score (nSPS) is 19.3. The Bertz CT molecular complexity index is 817. The van der Waals surface area contributed by atoms with E-state index in [1.54, 1.807) is 0 Å². The van der Waals surface area contributed by atoms with E-state index in [2.05, 4.69) is 85.6 Å². The van der Waals surface area contributed by atoms with Gasteiger partial charge in [0.25, 0.3) is 0 Å². The molecule has 2 aromatic carbocycles. The van der Waals surface area contributed by atoms with Gasteiger partial charge in [0.15, 0.2) is 0 Å². The van der Waals surface area contributed by atoms with Crippen molar-refractivity contribution < 1.29 is 0 Å². The van der Waals surface area contributed by atoms with Gasteiger partial charge in [-0.15, -0.1) is 0 Å². The van der Waals surface area contributed by atoms with Crippen molar-refractivity contribution in [3.63, 3.8) is 0 Å². The molecule has 0 aliphatic carbocycles. The van der Waals surface area contributed by atoms with Gasteiger partial charge in [0.2, 0.25) is 0 Å². The zero-order chi connectivity index (χ0) is 18.1. The Morgan fingerprint density at radius 3 is 2.50 bits per heavy atom. The Balaban J connectivity index is 1.89. The van der Waals surface area contributed by atoms with Crippen molar-refractivity contribution in [2.45, 2.75) is 59.0 Å². The van der Waals surface area contributed by atoms with Gasteiger partial charge in [0.1, 0.15) is 6.17 Å². The maximum atomic E-state index is 3.96. The summed E-state index contributed by atoms with van der Waals surface area (Å²) in [6.07, 6.45) is 10.9. The highest BCUT2D eigenvalue weighted by atomic mass is 15.3. The number of nitrogens with zero attached hydrogens (tertiary/aromatic N) is 1. The van der Waals surface area contributed by atoms with E-state index in [-0.39, 0.29) is 11.6 Å². The SMILES string of the molecule is CCCCc1cccc2c1NC1N2c2ccccc2C=CC1(CC)CC. The van der Waals surface area contributed by atoms with E-state index in [4.69, 9.17) is 0 Å². The van der Waals surface area contributed by atoms with E-state index in [0.29, 0.717) is 0 Å². The molecule has 0 bridgehead atoms. The fourth-order valence-electron chi connectivity index (χ4n) is 4.61. The van der Waals surface area contributed by atoms with Gasteiger partial charge in [0, 0.05) is 5.41 Å².